The molecule has 0 aliphatic carbocycles. The van der Waals surface area contributed by atoms with Crippen molar-refractivity contribution in [3.05, 3.63) is 42.0 Å². The summed E-state index contributed by atoms with van der Waals surface area (Å²) < 4.78 is 15.0. The molecule has 1 heterocycles. The number of nitrogens with zero attached hydrogens (tertiary/aromatic N) is 3. The molecular weight excluding hydrogens is 313 g/mol. The number of carbonyl (C=O) groups excluding carboxylic acids is 1. The van der Waals surface area contributed by atoms with Crippen molar-refractivity contribution in [1.29, 1.82) is 0 Å². The van der Waals surface area contributed by atoms with Crippen LogP contribution >= 0.6 is 0 Å². The van der Waals surface area contributed by atoms with E-state index in [1.54, 1.807) is 29.9 Å². The molecule has 2 amide bonds. The van der Waals surface area contributed by atoms with Gasteiger partial charge in [0.05, 0.1) is 24.5 Å². The van der Waals surface area contributed by atoms with Crippen molar-refractivity contribution in [2.45, 2.75) is 19.6 Å². The van der Waals surface area contributed by atoms with E-state index in [-0.39, 0.29) is 5.82 Å². The van der Waals surface area contributed by atoms with Crippen LogP contribution in [0.25, 0.3) is 0 Å². The van der Waals surface area contributed by atoms with Gasteiger partial charge in [-0.05, 0) is 38.7 Å². The van der Waals surface area contributed by atoms with Crippen LogP contribution in [0.4, 0.5) is 20.6 Å². The van der Waals surface area contributed by atoms with Crippen LogP contribution in [0.3, 0.4) is 0 Å². The van der Waals surface area contributed by atoms with Gasteiger partial charge in [-0.25, -0.2) is 9.18 Å². The smallest absolute Gasteiger partial charge is 0.323 e. The Kier molecular flexibility index (Phi) is 5.88. The number of anilines is 2. The highest BCUT2D eigenvalue weighted by Gasteiger charge is 2.10. The lowest BCUT2D eigenvalue weighted by Crippen LogP contribution is -2.29. The van der Waals surface area contributed by atoms with Crippen molar-refractivity contribution < 1.29 is 14.3 Å². The summed E-state index contributed by atoms with van der Waals surface area (Å²) in [5.41, 5.74) is 1.36. The highest BCUT2D eigenvalue weighted by Crippen LogP contribution is 2.14. The van der Waals surface area contributed by atoms with Gasteiger partial charge < -0.3 is 20.6 Å². The fourth-order valence-electron chi connectivity index (χ4n) is 2.19. The first-order valence-corrected chi connectivity index (χ1v) is 7.53. The average Bonchev–Trinajstić information content (AvgIpc) is 2.88. The summed E-state index contributed by atoms with van der Waals surface area (Å²) in [5, 5.41) is 19.1. The quantitative estimate of drug-likeness (QED) is 0.753. The van der Waals surface area contributed by atoms with E-state index in [9.17, 15) is 14.3 Å². The first-order chi connectivity index (χ1) is 11.3. The zero-order chi connectivity index (χ0) is 17.7. The Morgan fingerprint density at radius 1 is 1.38 bits per heavy atom. The molecule has 1 aromatic heterocycles. The molecule has 1 aromatic carbocycles. The highest BCUT2D eigenvalue weighted by atomic mass is 19.1. The number of aliphatic hydroxyl groups excluding tert-OH is 1. The number of hydrogen-bond acceptors (Lipinski definition) is 4. The second-order valence-corrected chi connectivity index (χ2v) is 5.91. The van der Waals surface area contributed by atoms with Crippen LogP contribution in [0.5, 0.6) is 0 Å². The van der Waals surface area contributed by atoms with Crippen LogP contribution < -0.4 is 10.6 Å². The molecule has 0 saturated heterocycles. The number of hydrogen-bond donors (Lipinski definition) is 3. The summed E-state index contributed by atoms with van der Waals surface area (Å²) in [6.45, 7) is 2.49. The van der Waals surface area contributed by atoms with Crippen LogP contribution in [0.1, 0.15) is 5.56 Å². The van der Waals surface area contributed by atoms with Gasteiger partial charge in [-0.2, -0.15) is 5.10 Å². The molecule has 2 aromatic rings. The molecule has 0 saturated carbocycles. The van der Waals surface area contributed by atoms with Gasteiger partial charge in [0.1, 0.15) is 5.82 Å². The van der Waals surface area contributed by atoms with E-state index in [0.717, 1.165) is 0 Å². The Morgan fingerprint density at radius 2 is 2.08 bits per heavy atom. The van der Waals surface area contributed by atoms with Gasteiger partial charge in [-0.3, -0.25) is 4.68 Å². The molecule has 0 fully saturated rings. The predicted molar refractivity (Wildman–Crippen MR) is 90.6 cm³/mol. The van der Waals surface area contributed by atoms with Crippen LogP contribution in [0.15, 0.2) is 30.6 Å². The van der Waals surface area contributed by atoms with E-state index in [1.807, 2.05) is 19.0 Å². The van der Waals surface area contributed by atoms with Gasteiger partial charge in [0.15, 0.2) is 0 Å². The first-order valence-electron chi connectivity index (χ1n) is 7.53. The van der Waals surface area contributed by atoms with Gasteiger partial charge in [0.25, 0.3) is 0 Å². The van der Waals surface area contributed by atoms with Crippen LogP contribution in [0.2, 0.25) is 0 Å². The Bertz CT molecular complexity index is 702. The number of nitrogens with one attached hydrogen (secondary N) is 2. The minimum Gasteiger partial charge on any atom is -0.390 e. The fourth-order valence-corrected chi connectivity index (χ4v) is 2.19. The van der Waals surface area contributed by atoms with Crippen LogP contribution in [-0.2, 0) is 6.54 Å². The van der Waals surface area contributed by atoms with E-state index in [2.05, 4.69) is 15.7 Å². The molecule has 130 valence electrons. The van der Waals surface area contributed by atoms with E-state index < -0.39 is 12.1 Å². The molecule has 0 aliphatic rings. The van der Waals surface area contributed by atoms with E-state index >= 15 is 0 Å². The molecule has 3 N–H and O–H groups in total. The van der Waals surface area contributed by atoms with Crippen molar-refractivity contribution in [2.75, 3.05) is 31.3 Å². The second kappa shape index (κ2) is 7.89. The lowest BCUT2D eigenvalue weighted by molar-refractivity contribution is 0.116. The monoisotopic (exact) mass is 335 g/mol. The summed E-state index contributed by atoms with van der Waals surface area (Å²) in [7, 11) is 3.75. The Labute approximate surface area is 140 Å². The maximum Gasteiger partial charge on any atom is 0.323 e. The van der Waals surface area contributed by atoms with E-state index in [1.165, 1.54) is 12.3 Å². The second-order valence-electron chi connectivity index (χ2n) is 5.91. The van der Waals surface area contributed by atoms with Gasteiger partial charge in [-0.15, -0.1) is 0 Å². The molecule has 1 atom stereocenters. The summed E-state index contributed by atoms with van der Waals surface area (Å²) >= 11 is 0. The zero-order valence-corrected chi connectivity index (χ0v) is 14.0. The van der Waals surface area contributed by atoms with Gasteiger partial charge in [0, 0.05) is 18.4 Å². The average molecular weight is 335 g/mol. The number of likely N-dealkylation sites (N-methyl/N-ethyl adjacent to an activating group) is 1. The van der Waals surface area contributed by atoms with Crippen molar-refractivity contribution in [1.82, 2.24) is 14.7 Å². The summed E-state index contributed by atoms with van der Waals surface area (Å²) in [4.78, 5) is 13.8. The molecule has 8 heteroatoms. The number of amides is 2. The minimum absolute atomic E-state index is 0.324. The summed E-state index contributed by atoms with van der Waals surface area (Å²) in [6, 6.07) is 3.98. The fraction of sp³-hybridized carbons (Fsp3) is 0.375. The van der Waals surface area contributed by atoms with Crippen molar-refractivity contribution >= 4 is 17.4 Å². The van der Waals surface area contributed by atoms with E-state index in [0.29, 0.717) is 30.0 Å². The number of rotatable bonds is 6. The highest BCUT2D eigenvalue weighted by molar-refractivity contribution is 5.99. The topological polar surface area (TPSA) is 82.4 Å². The van der Waals surface area contributed by atoms with Crippen LogP contribution in [0, 0.1) is 12.7 Å². The predicted octanol–water partition coefficient (Wildman–Crippen LogP) is 1.90. The lowest BCUT2D eigenvalue weighted by atomic mass is 10.2. The Hall–Kier alpha value is -2.45. The molecule has 0 radical (unpaired) electrons. The van der Waals surface area contributed by atoms with Crippen molar-refractivity contribution in [2.24, 2.45) is 0 Å². The maximum atomic E-state index is 13.5. The molecule has 7 nitrogen and oxygen atoms in total. The number of aliphatic hydroxyl groups is 1. The summed E-state index contributed by atoms with van der Waals surface area (Å²) in [6.07, 6.45) is 2.54. The van der Waals surface area contributed by atoms with E-state index in [4.69, 9.17) is 0 Å². The molecule has 0 bridgehead atoms. The Balaban J connectivity index is 1.89. The SMILES string of the molecule is Cc1ccc(NC(=O)Nc2cnn(CC(O)CN(C)C)c2)cc1F. The third-order valence-electron chi connectivity index (χ3n) is 3.29. The zero-order valence-electron chi connectivity index (χ0n) is 14.0. The standard InChI is InChI=1S/C16H22FN5O2/c1-11-4-5-12(6-15(11)17)19-16(24)20-13-7-18-22(8-13)10-14(23)9-21(2)3/h4-8,14,23H,9-10H2,1-3H3,(H2,19,20,24). The number of aromatic nitrogens is 2. The number of carbonyl (C=O) groups is 1. The van der Waals surface area contributed by atoms with Gasteiger partial charge in [-0.1, -0.05) is 6.07 Å². The normalized spacial score (nSPS) is 12.2. The molecule has 2 rings (SSSR count). The Morgan fingerprint density at radius 3 is 2.75 bits per heavy atom. The number of urea groups is 1. The molecule has 24 heavy (non-hydrogen) atoms. The van der Waals surface area contributed by atoms with Gasteiger partial charge in [0.2, 0.25) is 0 Å². The molecule has 0 spiro atoms. The van der Waals surface area contributed by atoms with Crippen molar-refractivity contribution in [3.8, 4) is 0 Å². The van der Waals surface area contributed by atoms with Crippen LogP contribution in [-0.4, -0.2) is 52.6 Å². The lowest BCUT2D eigenvalue weighted by Gasteiger charge is -2.15. The third-order valence-corrected chi connectivity index (χ3v) is 3.29. The summed E-state index contributed by atoms with van der Waals surface area (Å²) in [5.74, 6) is -0.379. The minimum atomic E-state index is -0.558. The largest absolute Gasteiger partial charge is 0.390 e. The number of aryl methyl sites for hydroxylation is 1. The number of halogens is 1. The maximum absolute atomic E-state index is 13.5. The number of benzene rings is 1. The third kappa shape index (κ3) is 5.32. The molecule has 1 unspecified atom stereocenters. The molecule has 0 aliphatic heterocycles. The van der Waals surface area contributed by atoms with Crippen molar-refractivity contribution in [3.63, 3.8) is 0 Å². The molecular formula is C16H22FN5O2. The van der Waals surface area contributed by atoms with Gasteiger partial charge >= 0.3 is 6.03 Å². The first kappa shape index (κ1) is 17.9.